The zero-order chi connectivity index (χ0) is 34.0. The van der Waals surface area contributed by atoms with E-state index in [2.05, 4.69) is 38.8 Å². The molecule has 3 aromatic carbocycles. The van der Waals surface area contributed by atoms with E-state index in [1.165, 1.54) is 16.8 Å². The molecule has 4 aromatic rings. The molecule has 4 atom stereocenters. The third kappa shape index (κ3) is 6.86. The van der Waals surface area contributed by atoms with Crippen LogP contribution >= 0.6 is 0 Å². The third-order valence-corrected chi connectivity index (χ3v) is 13.8. The first kappa shape index (κ1) is 34.3. The number of aromatic nitrogens is 2. The Morgan fingerprint density at radius 1 is 0.830 bits per heavy atom. The number of aliphatic hydroxyl groups is 1. The molecule has 11 heteroatoms. The molecule has 1 aliphatic heterocycles. The van der Waals surface area contributed by atoms with Crippen LogP contribution in [0, 0.1) is 0 Å². The van der Waals surface area contributed by atoms with Gasteiger partial charge in [-0.2, -0.15) is 0 Å². The second-order valence-corrected chi connectivity index (χ2v) is 18.0. The van der Waals surface area contributed by atoms with Crippen molar-refractivity contribution in [1.82, 2.24) is 9.55 Å². The van der Waals surface area contributed by atoms with Crippen molar-refractivity contribution in [2.24, 2.45) is 0 Å². The summed E-state index contributed by atoms with van der Waals surface area (Å²) in [7, 11) is 0.777. The summed E-state index contributed by atoms with van der Waals surface area (Å²) < 4.78 is 32.5. The average molecular weight is 661 g/mol. The highest BCUT2D eigenvalue weighted by atomic mass is 28.4. The predicted octanol–water partition coefficient (Wildman–Crippen LogP) is 5.21. The smallest absolute Gasteiger partial charge is 0.330 e. The van der Waals surface area contributed by atoms with E-state index in [1.807, 2.05) is 78.9 Å². The molecule has 2 heterocycles. The molecule has 0 radical (unpaired) electrons. The van der Waals surface area contributed by atoms with Gasteiger partial charge in [0.25, 0.3) is 5.56 Å². The summed E-state index contributed by atoms with van der Waals surface area (Å²) in [6, 6.07) is 26.5. The van der Waals surface area contributed by atoms with Crippen LogP contribution in [0.5, 0.6) is 11.5 Å². The maximum Gasteiger partial charge on any atom is 0.330 e. The SMILES string of the molecule is COc1ccc(C(OC[C@@H]2O[C@H](n3ccc(=O)[nH]c3=O)[C@@H](O)[C@@H]2O[Si](C)(C)C(C)(C)C)(c2ccccc2)c2ccc(OC)cc2)cc1. The second-order valence-electron chi connectivity index (χ2n) is 13.2. The van der Waals surface area contributed by atoms with Gasteiger partial charge in [-0.15, -0.1) is 0 Å². The van der Waals surface area contributed by atoms with Crippen LogP contribution in [0.2, 0.25) is 18.1 Å². The van der Waals surface area contributed by atoms with Crippen LogP contribution in [-0.2, 0) is 19.5 Å². The molecule has 10 nitrogen and oxygen atoms in total. The summed E-state index contributed by atoms with van der Waals surface area (Å²) >= 11 is 0. The molecular weight excluding hydrogens is 616 g/mol. The molecule has 1 aromatic heterocycles. The Bertz CT molecular complexity index is 1700. The fourth-order valence-corrected chi connectivity index (χ4v) is 6.98. The lowest BCUT2D eigenvalue weighted by Crippen LogP contribution is -2.50. The maximum atomic E-state index is 12.8. The number of hydrogen-bond acceptors (Lipinski definition) is 8. The highest BCUT2D eigenvalue weighted by Gasteiger charge is 2.51. The number of methoxy groups -OCH3 is 2. The van der Waals surface area contributed by atoms with Gasteiger partial charge in [0.05, 0.1) is 20.8 Å². The number of rotatable bonds is 11. The summed E-state index contributed by atoms with van der Waals surface area (Å²) in [5.74, 6) is 1.40. The highest BCUT2D eigenvalue weighted by Crippen LogP contribution is 2.44. The Hall–Kier alpha value is -4.00. The van der Waals surface area contributed by atoms with Crippen molar-refractivity contribution in [3.63, 3.8) is 0 Å². The Balaban J connectivity index is 1.62. The summed E-state index contributed by atoms with van der Waals surface area (Å²) in [5.41, 5.74) is 0.169. The first-order valence-electron chi connectivity index (χ1n) is 15.6. The van der Waals surface area contributed by atoms with Crippen molar-refractivity contribution in [2.45, 2.75) is 69.0 Å². The topological polar surface area (TPSA) is 121 Å². The van der Waals surface area contributed by atoms with Gasteiger partial charge in [-0.3, -0.25) is 14.3 Å². The number of H-pyrrole nitrogens is 1. The Labute approximate surface area is 276 Å². The van der Waals surface area contributed by atoms with Crippen molar-refractivity contribution in [3.8, 4) is 11.5 Å². The number of aromatic amines is 1. The fourth-order valence-electron chi connectivity index (χ4n) is 5.66. The molecule has 0 amide bonds. The lowest BCUT2D eigenvalue weighted by Gasteiger charge is -2.41. The zero-order valence-electron chi connectivity index (χ0n) is 27.9. The Morgan fingerprint density at radius 2 is 1.36 bits per heavy atom. The van der Waals surface area contributed by atoms with Gasteiger partial charge < -0.3 is 28.5 Å². The van der Waals surface area contributed by atoms with Gasteiger partial charge in [0.2, 0.25) is 0 Å². The molecule has 1 saturated heterocycles. The number of nitrogens with zero attached hydrogens (tertiary/aromatic N) is 1. The van der Waals surface area contributed by atoms with Gasteiger partial charge in [-0.1, -0.05) is 75.4 Å². The number of aliphatic hydroxyl groups excluding tert-OH is 1. The molecule has 47 heavy (non-hydrogen) atoms. The first-order chi connectivity index (χ1) is 22.3. The normalized spacial score (nSPS) is 20.3. The number of benzene rings is 3. The monoisotopic (exact) mass is 660 g/mol. The number of ether oxygens (including phenoxy) is 4. The van der Waals surface area contributed by atoms with E-state index < -0.39 is 49.7 Å². The van der Waals surface area contributed by atoms with E-state index in [-0.39, 0.29) is 11.6 Å². The van der Waals surface area contributed by atoms with Crippen LogP contribution in [0.3, 0.4) is 0 Å². The number of nitrogens with one attached hydrogen (secondary N) is 1. The van der Waals surface area contributed by atoms with E-state index in [0.717, 1.165) is 16.7 Å². The van der Waals surface area contributed by atoms with Gasteiger partial charge in [-0.05, 0) is 59.1 Å². The maximum absolute atomic E-state index is 12.8. The summed E-state index contributed by atoms with van der Waals surface area (Å²) in [6.45, 7) is 10.5. The second kappa shape index (κ2) is 13.6. The van der Waals surface area contributed by atoms with E-state index in [4.69, 9.17) is 23.4 Å². The zero-order valence-corrected chi connectivity index (χ0v) is 28.9. The van der Waals surface area contributed by atoms with Gasteiger partial charge >= 0.3 is 5.69 Å². The lowest BCUT2D eigenvalue weighted by atomic mass is 9.80. The van der Waals surface area contributed by atoms with Crippen molar-refractivity contribution in [1.29, 1.82) is 0 Å². The summed E-state index contributed by atoms with van der Waals surface area (Å²) in [5, 5.41) is 11.6. The molecule has 0 saturated carbocycles. The summed E-state index contributed by atoms with van der Waals surface area (Å²) in [6.07, 6.45) is -2.64. The molecule has 1 aliphatic rings. The Morgan fingerprint density at radius 3 is 1.85 bits per heavy atom. The van der Waals surface area contributed by atoms with E-state index >= 15 is 0 Å². The molecule has 0 spiro atoms. The van der Waals surface area contributed by atoms with Crippen LogP contribution in [0.15, 0.2) is 101 Å². The Kier molecular flexibility index (Phi) is 9.95. The van der Waals surface area contributed by atoms with Gasteiger partial charge in [0, 0.05) is 12.3 Å². The lowest BCUT2D eigenvalue weighted by molar-refractivity contribution is -0.0948. The van der Waals surface area contributed by atoms with E-state index in [0.29, 0.717) is 11.5 Å². The fraction of sp³-hybridized carbons (Fsp3) is 0.389. The van der Waals surface area contributed by atoms with Crippen LogP contribution in [0.4, 0.5) is 0 Å². The standard InChI is InChI=1S/C36H44N2O8Si/c1-35(2,3)47(6,7)46-32-29(45-33(31(32)40)38-22-21-30(39)37-34(38)41)23-44-36(24-11-9-8-10-12-24,25-13-17-27(42-4)18-14-25)26-15-19-28(43-5)20-16-26/h8-22,29,31-33,40H,23H2,1-7H3,(H,37,39,41)/t29-,31-,32+,33-/m0/s1. The molecule has 0 bridgehead atoms. The van der Waals surface area contributed by atoms with Crippen molar-refractivity contribution in [3.05, 3.63) is 129 Å². The molecule has 5 rings (SSSR count). The van der Waals surface area contributed by atoms with Gasteiger partial charge in [0.1, 0.15) is 35.4 Å². The largest absolute Gasteiger partial charge is 0.497 e. The van der Waals surface area contributed by atoms with E-state index in [1.54, 1.807) is 14.2 Å². The molecule has 0 aliphatic carbocycles. The van der Waals surface area contributed by atoms with Crippen LogP contribution < -0.4 is 20.7 Å². The molecular formula is C36H44N2O8Si. The molecule has 1 fully saturated rings. The van der Waals surface area contributed by atoms with E-state index in [9.17, 15) is 14.7 Å². The van der Waals surface area contributed by atoms with Crippen LogP contribution in [0.25, 0.3) is 0 Å². The highest BCUT2D eigenvalue weighted by molar-refractivity contribution is 6.74. The summed E-state index contributed by atoms with van der Waals surface area (Å²) in [4.78, 5) is 26.9. The third-order valence-electron chi connectivity index (χ3n) is 9.31. The van der Waals surface area contributed by atoms with Crippen LogP contribution in [0.1, 0.15) is 43.7 Å². The minimum absolute atomic E-state index is 0.0160. The number of hydrogen-bond donors (Lipinski definition) is 2. The predicted molar refractivity (Wildman–Crippen MR) is 182 cm³/mol. The quantitative estimate of drug-likeness (QED) is 0.166. The van der Waals surface area contributed by atoms with Crippen molar-refractivity contribution < 1.29 is 28.5 Å². The van der Waals surface area contributed by atoms with Crippen molar-refractivity contribution in [2.75, 3.05) is 20.8 Å². The van der Waals surface area contributed by atoms with Crippen molar-refractivity contribution >= 4 is 8.32 Å². The average Bonchev–Trinajstić information content (AvgIpc) is 3.35. The molecule has 250 valence electrons. The van der Waals surface area contributed by atoms with Gasteiger partial charge in [-0.25, -0.2) is 4.79 Å². The van der Waals surface area contributed by atoms with Crippen LogP contribution in [-0.4, -0.2) is 62.1 Å². The van der Waals surface area contributed by atoms with Gasteiger partial charge in [0.15, 0.2) is 14.5 Å². The minimum atomic E-state index is -2.46. The minimum Gasteiger partial charge on any atom is -0.497 e. The molecule has 0 unspecified atom stereocenters. The first-order valence-corrected chi connectivity index (χ1v) is 18.5. The molecule has 2 N–H and O–H groups in total.